The van der Waals surface area contributed by atoms with Crippen molar-refractivity contribution in [1.29, 1.82) is 0 Å². The molecule has 0 unspecified atom stereocenters. The zero-order chi connectivity index (χ0) is 9.84. The molecule has 1 rings (SSSR count). The molecule has 1 aromatic rings. The minimum absolute atomic E-state index is 1.10. The molecule has 0 aromatic heterocycles. The fourth-order valence-corrected chi connectivity index (χ4v) is 3.85. The summed E-state index contributed by atoms with van der Waals surface area (Å²) < 4.78 is 0. The van der Waals surface area contributed by atoms with Gasteiger partial charge in [0.2, 0.25) is 0 Å². The fraction of sp³-hybridized carbons (Fsp3) is 0.300. The zero-order valence-corrected chi connectivity index (χ0v) is 10.5. The largest absolute Gasteiger partial charge is 0.128 e. The van der Waals surface area contributed by atoms with E-state index < -0.39 is 0 Å². The number of thioether (sulfide) groups is 3. The highest BCUT2D eigenvalue weighted by molar-refractivity contribution is 8.03. The van der Waals surface area contributed by atoms with E-state index >= 15 is 0 Å². The molecule has 0 atom stereocenters. The summed E-state index contributed by atoms with van der Waals surface area (Å²) >= 11 is 5.39. The summed E-state index contributed by atoms with van der Waals surface area (Å²) in [6.07, 6.45) is 6.34. The second-order valence-electron chi connectivity index (χ2n) is 2.53. The van der Waals surface area contributed by atoms with Crippen LogP contribution in [0.3, 0.4) is 0 Å². The van der Waals surface area contributed by atoms with Crippen LogP contribution in [0.15, 0.2) is 26.8 Å². The van der Waals surface area contributed by atoms with Gasteiger partial charge in [-0.25, -0.2) is 0 Å². The Morgan fingerprint density at radius 2 is 1.38 bits per heavy atom. The Bertz CT molecular complexity index is 269. The molecule has 0 saturated carbocycles. The minimum Gasteiger partial charge on any atom is -0.128 e. The SMILES string of the molecule is [CH2]c1cc(SC)c(SC)c(SC)c1. The molecule has 0 saturated heterocycles. The van der Waals surface area contributed by atoms with Gasteiger partial charge in [0.1, 0.15) is 0 Å². The normalized spacial score (nSPS) is 10.5. The summed E-state index contributed by atoms with van der Waals surface area (Å²) in [4.78, 5) is 4.06. The Labute approximate surface area is 93.3 Å². The van der Waals surface area contributed by atoms with E-state index in [9.17, 15) is 0 Å². The van der Waals surface area contributed by atoms with Crippen molar-refractivity contribution in [3.05, 3.63) is 24.6 Å². The molecule has 0 nitrogen and oxygen atoms in total. The maximum Gasteiger partial charge on any atom is 0.0341 e. The quantitative estimate of drug-likeness (QED) is 0.718. The standard InChI is InChI=1S/C10H13S3/c1-7-5-8(11-2)10(13-4)9(6-7)12-3/h5-6H,1H2,2-4H3. The third kappa shape index (κ3) is 2.61. The molecule has 0 fully saturated rings. The van der Waals surface area contributed by atoms with Crippen LogP contribution in [-0.2, 0) is 0 Å². The van der Waals surface area contributed by atoms with Crippen LogP contribution in [0.25, 0.3) is 0 Å². The van der Waals surface area contributed by atoms with Crippen LogP contribution in [0.2, 0.25) is 0 Å². The van der Waals surface area contributed by atoms with Gasteiger partial charge < -0.3 is 0 Å². The first kappa shape index (κ1) is 11.3. The molecule has 0 aliphatic carbocycles. The molecule has 0 heterocycles. The maximum atomic E-state index is 3.98. The van der Waals surface area contributed by atoms with E-state index in [4.69, 9.17) is 0 Å². The van der Waals surface area contributed by atoms with E-state index in [1.165, 1.54) is 14.7 Å². The molecule has 1 radical (unpaired) electrons. The van der Waals surface area contributed by atoms with Gasteiger partial charge in [-0.2, -0.15) is 0 Å². The van der Waals surface area contributed by atoms with Gasteiger partial charge in [0, 0.05) is 14.7 Å². The van der Waals surface area contributed by atoms with Crippen LogP contribution in [-0.4, -0.2) is 18.8 Å². The third-order valence-corrected chi connectivity index (χ3v) is 4.35. The van der Waals surface area contributed by atoms with E-state index in [2.05, 4.69) is 37.8 Å². The van der Waals surface area contributed by atoms with Crippen molar-refractivity contribution in [3.8, 4) is 0 Å². The molecule has 3 heteroatoms. The highest BCUT2D eigenvalue weighted by atomic mass is 32.2. The second-order valence-corrected chi connectivity index (χ2v) is 5.05. The zero-order valence-electron chi connectivity index (χ0n) is 8.09. The predicted octanol–water partition coefficient (Wildman–Crippen LogP) is 4.03. The molecule has 0 N–H and O–H groups in total. The molecular formula is C10H13S3. The topological polar surface area (TPSA) is 0 Å². The van der Waals surface area contributed by atoms with Crippen molar-refractivity contribution in [2.45, 2.75) is 14.7 Å². The maximum absolute atomic E-state index is 3.98. The van der Waals surface area contributed by atoms with E-state index in [1.807, 2.05) is 11.8 Å². The summed E-state index contributed by atoms with van der Waals surface area (Å²) in [7, 11) is 0. The molecular weight excluding hydrogens is 216 g/mol. The number of hydrogen-bond acceptors (Lipinski definition) is 3. The monoisotopic (exact) mass is 229 g/mol. The lowest BCUT2D eigenvalue weighted by Crippen LogP contribution is -1.84. The number of benzene rings is 1. The van der Waals surface area contributed by atoms with Crippen molar-refractivity contribution >= 4 is 35.3 Å². The van der Waals surface area contributed by atoms with Gasteiger partial charge in [0.05, 0.1) is 0 Å². The van der Waals surface area contributed by atoms with E-state index in [0.717, 1.165) is 5.56 Å². The van der Waals surface area contributed by atoms with Crippen molar-refractivity contribution in [2.24, 2.45) is 0 Å². The third-order valence-electron chi connectivity index (χ3n) is 1.72. The fourth-order valence-electron chi connectivity index (χ4n) is 1.14. The first-order valence-electron chi connectivity index (χ1n) is 3.85. The first-order chi connectivity index (χ1) is 6.22. The Morgan fingerprint density at radius 3 is 1.69 bits per heavy atom. The lowest BCUT2D eigenvalue weighted by Gasteiger charge is -2.10. The Balaban J connectivity index is 3.25. The molecule has 0 amide bonds. The first-order valence-corrected chi connectivity index (χ1v) is 7.52. The minimum atomic E-state index is 1.10. The number of rotatable bonds is 3. The predicted molar refractivity (Wildman–Crippen MR) is 66.2 cm³/mol. The van der Waals surface area contributed by atoms with Gasteiger partial charge in [-0.05, 0) is 43.4 Å². The summed E-state index contributed by atoms with van der Waals surface area (Å²) in [5, 5.41) is 0. The van der Waals surface area contributed by atoms with Crippen LogP contribution >= 0.6 is 35.3 Å². The van der Waals surface area contributed by atoms with Gasteiger partial charge in [0.15, 0.2) is 0 Å². The Morgan fingerprint density at radius 1 is 0.923 bits per heavy atom. The van der Waals surface area contributed by atoms with Crippen LogP contribution < -0.4 is 0 Å². The average Bonchev–Trinajstić information content (AvgIpc) is 2.16. The average molecular weight is 229 g/mol. The lowest BCUT2D eigenvalue weighted by molar-refractivity contribution is 1.11. The molecule has 1 aromatic carbocycles. The van der Waals surface area contributed by atoms with Crippen LogP contribution in [0.1, 0.15) is 5.56 Å². The molecule has 0 bridgehead atoms. The van der Waals surface area contributed by atoms with Crippen LogP contribution in [0.4, 0.5) is 0 Å². The Kier molecular flexibility index (Phi) is 4.56. The molecule has 0 spiro atoms. The van der Waals surface area contributed by atoms with Crippen molar-refractivity contribution in [3.63, 3.8) is 0 Å². The summed E-state index contributed by atoms with van der Waals surface area (Å²) in [6, 6.07) is 4.30. The smallest absolute Gasteiger partial charge is 0.0341 e. The highest BCUT2D eigenvalue weighted by Crippen LogP contribution is 2.36. The van der Waals surface area contributed by atoms with Gasteiger partial charge in [-0.3, -0.25) is 0 Å². The van der Waals surface area contributed by atoms with E-state index in [-0.39, 0.29) is 0 Å². The van der Waals surface area contributed by atoms with Crippen LogP contribution in [0.5, 0.6) is 0 Å². The Hall–Kier alpha value is 0.270. The lowest BCUT2D eigenvalue weighted by atomic mass is 10.2. The highest BCUT2D eigenvalue weighted by Gasteiger charge is 2.07. The van der Waals surface area contributed by atoms with Crippen molar-refractivity contribution in [1.82, 2.24) is 0 Å². The van der Waals surface area contributed by atoms with Gasteiger partial charge in [-0.1, -0.05) is 0 Å². The second kappa shape index (κ2) is 5.23. The summed E-state index contributed by atoms with van der Waals surface area (Å²) in [5.74, 6) is 0. The summed E-state index contributed by atoms with van der Waals surface area (Å²) in [6.45, 7) is 3.98. The van der Waals surface area contributed by atoms with Crippen LogP contribution in [0, 0.1) is 6.92 Å². The molecule has 0 aliphatic heterocycles. The van der Waals surface area contributed by atoms with Gasteiger partial charge in [-0.15, -0.1) is 35.3 Å². The summed E-state index contributed by atoms with van der Waals surface area (Å²) in [5.41, 5.74) is 1.10. The van der Waals surface area contributed by atoms with Crippen molar-refractivity contribution in [2.75, 3.05) is 18.8 Å². The molecule has 0 aliphatic rings. The molecule has 71 valence electrons. The molecule has 13 heavy (non-hydrogen) atoms. The van der Waals surface area contributed by atoms with Gasteiger partial charge in [0.25, 0.3) is 0 Å². The van der Waals surface area contributed by atoms with E-state index in [0.29, 0.717) is 0 Å². The van der Waals surface area contributed by atoms with E-state index in [1.54, 1.807) is 23.5 Å². The number of hydrogen-bond donors (Lipinski definition) is 0. The van der Waals surface area contributed by atoms with Crippen molar-refractivity contribution < 1.29 is 0 Å². The van der Waals surface area contributed by atoms with Gasteiger partial charge >= 0.3 is 0 Å².